The predicted molar refractivity (Wildman–Crippen MR) is 82.4 cm³/mol. The molecule has 0 unspecified atom stereocenters. The summed E-state index contributed by atoms with van der Waals surface area (Å²) in [5.74, 6) is 0.244. The van der Waals surface area contributed by atoms with Crippen molar-refractivity contribution in [2.75, 3.05) is 6.61 Å². The Bertz CT molecular complexity index is 641. The van der Waals surface area contributed by atoms with E-state index in [4.69, 9.17) is 4.74 Å². The maximum absolute atomic E-state index is 9.86. The number of hydrogen-bond donors (Lipinski definition) is 2. The van der Waals surface area contributed by atoms with E-state index in [2.05, 4.69) is 15.3 Å². The van der Waals surface area contributed by atoms with Crippen LogP contribution in [0.5, 0.6) is 5.75 Å². The van der Waals surface area contributed by atoms with Gasteiger partial charge in [-0.25, -0.2) is 4.98 Å². The Balaban J connectivity index is 1.61. The van der Waals surface area contributed by atoms with E-state index in [1.54, 1.807) is 12.4 Å². The van der Waals surface area contributed by atoms with E-state index in [1.165, 1.54) is 0 Å². The Hall–Kier alpha value is -1.92. The molecule has 1 aliphatic rings. The van der Waals surface area contributed by atoms with E-state index in [9.17, 15) is 5.11 Å². The molecule has 118 valence electrons. The monoisotopic (exact) mass is 302 g/mol. The van der Waals surface area contributed by atoms with E-state index < -0.39 is 0 Å². The van der Waals surface area contributed by atoms with Crippen molar-refractivity contribution < 1.29 is 9.84 Å². The van der Waals surface area contributed by atoms with Crippen molar-refractivity contribution in [1.29, 1.82) is 0 Å². The van der Waals surface area contributed by atoms with E-state index in [0.717, 1.165) is 30.8 Å². The van der Waals surface area contributed by atoms with Crippen LogP contribution < -0.4 is 5.32 Å². The molecule has 2 aromatic heterocycles. The van der Waals surface area contributed by atoms with Crippen molar-refractivity contribution in [1.82, 2.24) is 19.9 Å². The summed E-state index contributed by atoms with van der Waals surface area (Å²) < 4.78 is 7.86. The minimum atomic E-state index is 0.0674. The first kappa shape index (κ1) is 15.0. The largest absolute Gasteiger partial charge is 0.506 e. The molecule has 22 heavy (non-hydrogen) atoms. The second-order valence-corrected chi connectivity index (χ2v) is 5.81. The van der Waals surface area contributed by atoms with Crippen LogP contribution in [-0.4, -0.2) is 32.3 Å². The van der Waals surface area contributed by atoms with Crippen molar-refractivity contribution in [2.45, 2.75) is 38.5 Å². The maximum atomic E-state index is 9.86. The van der Waals surface area contributed by atoms with Crippen molar-refractivity contribution in [3.8, 4) is 5.75 Å². The second kappa shape index (κ2) is 6.46. The van der Waals surface area contributed by atoms with Gasteiger partial charge in [0.2, 0.25) is 0 Å². The van der Waals surface area contributed by atoms with Gasteiger partial charge in [-0.3, -0.25) is 4.98 Å². The van der Waals surface area contributed by atoms with Gasteiger partial charge in [0.1, 0.15) is 11.9 Å². The zero-order chi connectivity index (χ0) is 15.5. The number of imidazole rings is 1. The highest BCUT2D eigenvalue weighted by Gasteiger charge is 2.25. The lowest BCUT2D eigenvalue weighted by molar-refractivity contribution is -0.00411. The molecular formula is C16H22N4O2. The first-order chi connectivity index (χ1) is 10.6. The van der Waals surface area contributed by atoms with Crippen LogP contribution in [0.2, 0.25) is 0 Å². The first-order valence-corrected chi connectivity index (χ1v) is 7.60. The maximum Gasteiger partial charge on any atom is 0.138 e. The third-order valence-electron chi connectivity index (χ3n) is 4.12. The van der Waals surface area contributed by atoms with Crippen molar-refractivity contribution in [3.05, 3.63) is 41.7 Å². The number of nitrogens with one attached hydrogen (secondary N) is 1. The molecule has 1 aliphatic heterocycles. The zero-order valence-electron chi connectivity index (χ0n) is 13.0. The number of aromatic hydroxyl groups is 1. The summed E-state index contributed by atoms with van der Waals surface area (Å²) in [4.78, 5) is 8.54. The quantitative estimate of drug-likeness (QED) is 0.901. The minimum Gasteiger partial charge on any atom is -0.506 e. The van der Waals surface area contributed by atoms with Gasteiger partial charge in [-0.05, 0) is 31.9 Å². The van der Waals surface area contributed by atoms with Gasteiger partial charge >= 0.3 is 0 Å². The molecule has 2 aromatic rings. The predicted octanol–water partition coefficient (Wildman–Crippen LogP) is 1.84. The molecule has 0 amide bonds. The molecule has 0 aliphatic carbocycles. The van der Waals surface area contributed by atoms with Crippen LogP contribution >= 0.6 is 0 Å². The lowest BCUT2D eigenvalue weighted by Crippen LogP contribution is -2.36. The smallest absolute Gasteiger partial charge is 0.138 e. The molecule has 2 atom stereocenters. The molecule has 0 saturated carbocycles. The van der Waals surface area contributed by atoms with E-state index in [0.29, 0.717) is 18.3 Å². The lowest BCUT2D eigenvalue weighted by Gasteiger charge is -2.30. The van der Waals surface area contributed by atoms with Crippen LogP contribution in [0.4, 0.5) is 0 Å². The highest BCUT2D eigenvalue weighted by atomic mass is 16.5. The molecule has 0 radical (unpaired) electrons. The van der Waals surface area contributed by atoms with Crippen LogP contribution in [-0.2, 0) is 18.3 Å². The van der Waals surface area contributed by atoms with Gasteiger partial charge in [0, 0.05) is 31.9 Å². The summed E-state index contributed by atoms with van der Waals surface area (Å²) in [6.45, 7) is 3.22. The average Bonchev–Trinajstić information content (AvgIpc) is 2.95. The van der Waals surface area contributed by atoms with E-state index in [-0.39, 0.29) is 11.9 Å². The van der Waals surface area contributed by atoms with Crippen LogP contribution in [0.15, 0.2) is 24.7 Å². The average molecular weight is 302 g/mol. The molecule has 6 nitrogen and oxygen atoms in total. The van der Waals surface area contributed by atoms with Crippen molar-refractivity contribution >= 4 is 0 Å². The van der Waals surface area contributed by atoms with Gasteiger partial charge in [0.05, 0.1) is 23.9 Å². The summed E-state index contributed by atoms with van der Waals surface area (Å²) in [6, 6.07) is 3.85. The van der Waals surface area contributed by atoms with Gasteiger partial charge in [-0.15, -0.1) is 0 Å². The number of nitrogens with zero attached hydrogens (tertiary/aromatic N) is 3. The Morgan fingerprint density at radius 2 is 2.32 bits per heavy atom. The summed E-state index contributed by atoms with van der Waals surface area (Å²) in [5, 5.41) is 13.3. The first-order valence-electron chi connectivity index (χ1n) is 7.60. The fraction of sp³-hybridized carbons (Fsp3) is 0.500. The number of hydrogen-bond acceptors (Lipinski definition) is 5. The van der Waals surface area contributed by atoms with Crippen molar-refractivity contribution in [3.63, 3.8) is 0 Å². The highest BCUT2D eigenvalue weighted by Crippen LogP contribution is 2.28. The third kappa shape index (κ3) is 3.28. The molecule has 0 aromatic carbocycles. The molecule has 3 heterocycles. The van der Waals surface area contributed by atoms with Gasteiger partial charge in [0.15, 0.2) is 0 Å². The van der Waals surface area contributed by atoms with Crippen molar-refractivity contribution in [2.24, 2.45) is 7.05 Å². The lowest BCUT2D eigenvalue weighted by atomic mass is 10.0. The third-order valence-corrected chi connectivity index (χ3v) is 4.12. The number of aromatic nitrogens is 3. The molecule has 1 saturated heterocycles. The van der Waals surface area contributed by atoms with Crippen LogP contribution in [0.25, 0.3) is 0 Å². The Labute approximate surface area is 130 Å². The fourth-order valence-electron chi connectivity index (χ4n) is 2.84. The Morgan fingerprint density at radius 1 is 1.45 bits per heavy atom. The van der Waals surface area contributed by atoms with Gasteiger partial charge < -0.3 is 19.7 Å². The number of aryl methyl sites for hydroxylation is 2. The topological polar surface area (TPSA) is 72.2 Å². The summed E-state index contributed by atoms with van der Waals surface area (Å²) >= 11 is 0. The van der Waals surface area contributed by atoms with Crippen LogP contribution in [0, 0.1) is 6.92 Å². The standard InChI is InChI=1S/C16H22N4O2/c1-11-3-4-15(21)13(19-11)8-18-12-5-6-22-16(7-12)14-9-17-10-20(14)2/h3-4,9-10,12,16,18,21H,5-8H2,1-2H3/t12-,16-/m0/s1. The normalized spacial score (nSPS) is 21.9. The Kier molecular flexibility index (Phi) is 4.40. The summed E-state index contributed by atoms with van der Waals surface area (Å²) in [6.07, 6.45) is 5.58. The van der Waals surface area contributed by atoms with Crippen LogP contribution in [0.3, 0.4) is 0 Å². The summed E-state index contributed by atoms with van der Waals surface area (Å²) in [7, 11) is 1.98. The molecule has 6 heteroatoms. The number of rotatable bonds is 4. The highest BCUT2D eigenvalue weighted by molar-refractivity contribution is 5.27. The molecule has 2 N–H and O–H groups in total. The fourth-order valence-corrected chi connectivity index (χ4v) is 2.84. The number of pyridine rings is 1. The second-order valence-electron chi connectivity index (χ2n) is 5.81. The molecule has 0 spiro atoms. The SMILES string of the molecule is Cc1ccc(O)c(CN[C@H]2CCO[C@H](c3cncn3C)C2)n1. The Morgan fingerprint density at radius 3 is 3.09 bits per heavy atom. The molecule has 0 bridgehead atoms. The van der Waals surface area contributed by atoms with Gasteiger partial charge in [-0.2, -0.15) is 0 Å². The molecule has 1 fully saturated rings. The number of ether oxygens (including phenoxy) is 1. The minimum absolute atomic E-state index is 0.0674. The van der Waals surface area contributed by atoms with E-state index in [1.807, 2.05) is 30.8 Å². The summed E-state index contributed by atoms with van der Waals surface area (Å²) in [5.41, 5.74) is 2.71. The van der Waals surface area contributed by atoms with E-state index >= 15 is 0 Å². The molecular weight excluding hydrogens is 280 g/mol. The van der Waals surface area contributed by atoms with Gasteiger partial charge in [-0.1, -0.05) is 0 Å². The zero-order valence-corrected chi connectivity index (χ0v) is 13.0. The van der Waals surface area contributed by atoms with Crippen LogP contribution in [0.1, 0.15) is 36.0 Å². The van der Waals surface area contributed by atoms with Gasteiger partial charge in [0.25, 0.3) is 0 Å². The molecule has 3 rings (SSSR count).